The highest BCUT2D eigenvalue weighted by Crippen LogP contribution is 2.20. The van der Waals surface area contributed by atoms with Gasteiger partial charge >= 0.3 is 0 Å². The predicted octanol–water partition coefficient (Wildman–Crippen LogP) is 4.17. The number of fused-ring (bicyclic) bond motifs is 1. The highest BCUT2D eigenvalue weighted by Gasteiger charge is 2.25. The molecule has 3 heterocycles. The molecule has 6 nitrogen and oxygen atoms in total. The van der Waals surface area contributed by atoms with Gasteiger partial charge in [0.1, 0.15) is 18.0 Å². The van der Waals surface area contributed by atoms with E-state index in [0.29, 0.717) is 18.8 Å². The molecule has 1 aromatic carbocycles. The minimum Gasteiger partial charge on any atom is -0.492 e. The van der Waals surface area contributed by atoms with Crippen LogP contribution in [0.25, 0.3) is 5.65 Å². The number of hydrogen-bond acceptors (Lipinski definition) is 4. The first-order chi connectivity index (χ1) is 15.1. The monoisotopic (exact) mass is 420 g/mol. The normalized spacial score (nSPS) is 14.7. The van der Waals surface area contributed by atoms with Gasteiger partial charge in [-0.1, -0.05) is 31.0 Å². The van der Waals surface area contributed by atoms with Crippen LogP contribution in [-0.4, -0.2) is 58.4 Å². The fraction of sp³-hybridized carbons (Fsp3) is 0.440. The third-order valence-corrected chi connectivity index (χ3v) is 5.88. The molecule has 0 bridgehead atoms. The Morgan fingerprint density at radius 2 is 1.84 bits per heavy atom. The van der Waals surface area contributed by atoms with Crippen molar-refractivity contribution in [1.29, 1.82) is 0 Å². The van der Waals surface area contributed by atoms with Crippen LogP contribution in [0.5, 0.6) is 5.75 Å². The van der Waals surface area contributed by atoms with Gasteiger partial charge < -0.3 is 14.0 Å². The molecule has 1 aliphatic rings. The van der Waals surface area contributed by atoms with Crippen LogP contribution in [0.4, 0.5) is 0 Å². The predicted molar refractivity (Wildman–Crippen MR) is 123 cm³/mol. The second-order valence-electron chi connectivity index (χ2n) is 8.45. The molecule has 0 aliphatic carbocycles. The molecule has 0 N–H and O–H groups in total. The first kappa shape index (κ1) is 21.4. The summed E-state index contributed by atoms with van der Waals surface area (Å²) in [6.07, 6.45) is 6.57. The van der Waals surface area contributed by atoms with Crippen molar-refractivity contribution in [3.63, 3.8) is 0 Å². The summed E-state index contributed by atoms with van der Waals surface area (Å²) in [6.45, 7) is 5.68. The van der Waals surface area contributed by atoms with E-state index in [4.69, 9.17) is 9.72 Å². The highest BCUT2D eigenvalue weighted by atomic mass is 16.5. The molecule has 31 heavy (non-hydrogen) atoms. The van der Waals surface area contributed by atoms with Gasteiger partial charge in [0, 0.05) is 32.4 Å². The van der Waals surface area contributed by atoms with E-state index in [1.807, 2.05) is 47.5 Å². The van der Waals surface area contributed by atoms with E-state index in [1.165, 1.54) is 12.8 Å². The number of carbonyl (C=O) groups is 1. The molecule has 0 unspecified atom stereocenters. The number of likely N-dealkylation sites (tertiary alicyclic amines) is 1. The number of aryl methyl sites for hydroxylation is 1. The summed E-state index contributed by atoms with van der Waals surface area (Å²) in [4.78, 5) is 22.4. The molecule has 164 valence electrons. The Labute approximate surface area is 184 Å². The van der Waals surface area contributed by atoms with Gasteiger partial charge in [-0.25, -0.2) is 4.98 Å². The molecule has 0 spiro atoms. The van der Waals surface area contributed by atoms with Gasteiger partial charge in [0.2, 0.25) is 0 Å². The van der Waals surface area contributed by atoms with Crippen LogP contribution < -0.4 is 4.74 Å². The van der Waals surface area contributed by atoms with Gasteiger partial charge in [-0.15, -0.1) is 0 Å². The molecular formula is C25H32N4O2. The lowest BCUT2D eigenvalue weighted by Crippen LogP contribution is -2.33. The molecule has 4 rings (SSSR count). The molecule has 6 heteroatoms. The Hall–Kier alpha value is -2.86. The van der Waals surface area contributed by atoms with Crippen molar-refractivity contribution in [2.24, 2.45) is 0 Å². The quantitative estimate of drug-likeness (QED) is 0.576. The van der Waals surface area contributed by atoms with Crippen LogP contribution in [0, 0.1) is 6.92 Å². The summed E-state index contributed by atoms with van der Waals surface area (Å²) in [5.41, 5.74) is 3.51. The van der Waals surface area contributed by atoms with Crippen molar-refractivity contribution in [3.05, 3.63) is 65.6 Å². The smallest absolute Gasteiger partial charge is 0.274 e. The molecule has 3 aromatic rings. The maximum absolute atomic E-state index is 13.4. The molecule has 2 aromatic heterocycles. The van der Waals surface area contributed by atoms with Gasteiger partial charge in [0.05, 0.1) is 5.69 Å². The second-order valence-corrected chi connectivity index (χ2v) is 8.45. The number of hydrogen-bond donors (Lipinski definition) is 0. The molecule has 1 aliphatic heterocycles. The number of amides is 1. The van der Waals surface area contributed by atoms with Crippen LogP contribution in [0.15, 0.2) is 48.7 Å². The number of imidazole rings is 1. The fourth-order valence-corrected chi connectivity index (χ4v) is 4.11. The number of ether oxygens (including phenoxy) is 1. The lowest BCUT2D eigenvalue weighted by molar-refractivity contribution is 0.0754. The molecule has 0 saturated carbocycles. The van der Waals surface area contributed by atoms with E-state index in [0.717, 1.165) is 55.1 Å². The molecular weight excluding hydrogens is 388 g/mol. The maximum Gasteiger partial charge on any atom is 0.274 e. The standard InChI is InChI=1S/C25H32N4O2/c1-20-12-15-29-22(19-27(2)16-17-31-21-10-6-5-7-11-21)24(26-23(29)18-20)25(30)28-13-8-3-4-9-14-28/h5-7,10-12,15,18H,3-4,8-9,13-14,16-17,19H2,1-2H3. The zero-order valence-corrected chi connectivity index (χ0v) is 18.6. The third kappa shape index (κ3) is 5.25. The van der Waals surface area contributed by atoms with E-state index >= 15 is 0 Å². The first-order valence-electron chi connectivity index (χ1n) is 11.2. The number of aromatic nitrogens is 2. The number of likely N-dealkylation sites (N-methyl/N-ethyl adjacent to an activating group) is 1. The highest BCUT2D eigenvalue weighted by molar-refractivity contribution is 5.94. The minimum absolute atomic E-state index is 0.0622. The summed E-state index contributed by atoms with van der Waals surface area (Å²) in [5.74, 6) is 0.936. The van der Waals surface area contributed by atoms with Gasteiger partial charge in [-0.2, -0.15) is 0 Å². The fourth-order valence-electron chi connectivity index (χ4n) is 4.11. The van der Waals surface area contributed by atoms with Gasteiger partial charge in [0.15, 0.2) is 5.69 Å². The zero-order chi connectivity index (χ0) is 21.6. The van der Waals surface area contributed by atoms with E-state index in [2.05, 4.69) is 29.3 Å². The Balaban J connectivity index is 1.52. The van der Waals surface area contributed by atoms with Gasteiger partial charge in [-0.3, -0.25) is 9.69 Å². The van der Waals surface area contributed by atoms with Crippen molar-refractivity contribution in [2.75, 3.05) is 33.3 Å². The molecule has 0 radical (unpaired) electrons. The van der Waals surface area contributed by atoms with E-state index in [9.17, 15) is 4.79 Å². The van der Waals surface area contributed by atoms with Crippen molar-refractivity contribution in [2.45, 2.75) is 39.2 Å². The lowest BCUT2D eigenvalue weighted by Gasteiger charge is -2.21. The van der Waals surface area contributed by atoms with E-state index in [1.54, 1.807) is 0 Å². The summed E-state index contributed by atoms with van der Waals surface area (Å²) in [5, 5.41) is 0. The van der Waals surface area contributed by atoms with E-state index in [-0.39, 0.29) is 5.91 Å². The Bertz CT molecular complexity index is 1010. The van der Waals surface area contributed by atoms with Crippen molar-refractivity contribution >= 4 is 11.6 Å². The summed E-state index contributed by atoms with van der Waals surface area (Å²) in [6, 6.07) is 14.0. The largest absolute Gasteiger partial charge is 0.492 e. The Morgan fingerprint density at radius 1 is 1.10 bits per heavy atom. The van der Waals surface area contributed by atoms with Crippen LogP contribution in [0.2, 0.25) is 0 Å². The van der Waals surface area contributed by atoms with Crippen LogP contribution in [0.3, 0.4) is 0 Å². The number of nitrogens with zero attached hydrogens (tertiary/aromatic N) is 4. The van der Waals surface area contributed by atoms with Crippen molar-refractivity contribution in [3.8, 4) is 5.75 Å². The molecule has 0 atom stereocenters. The lowest BCUT2D eigenvalue weighted by atomic mass is 10.2. The van der Waals surface area contributed by atoms with Gasteiger partial charge in [0.25, 0.3) is 5.91 Å². The Kier molecular flexibility index (Phi) is 6.87. The van der Waals surface area contributed by atoms with Crippen molar-refractivity contribution < 1.29 is 9.53 Å². The summed E-state index contributed by atoms with van der Waals surface area (Å²) < 4.78 is 7.91. The SMILES string of the molecule is Cc1ccn2c(CN(C)CCOc3ccccc3)c(C(=O)N3CCCCCC3)nc2c1. The number of carbonyl (C=O) groups excluding carboxylic acids is 1. The first-order valence-corrected chi connectivity index (χ1v) is 11.2. The number of benzene rings is 1. The van der Waals surface area contributed by atoms with Crippen LogP contribution in [0.1, 0.15) is 47.4 Å². The second kappa shape index (κ2) is 9.96. The number of rotatable bonds is 7. The minimum atomic E-state index is 0.0622. The number of pyridine rings is 1. The molecule has 1 amide bonds. The summed E-state index contributed by atoms with van der Waals surface area (Å²) >= 11 is 0. The average Bonchev–Trinajstić information content (AvgIpc) is 2.93. The zero-order valence-electron chi connectivity index (χ0n) is 18.6. The van der Waals surface area contributed by atoms with Crippen molar-refractivity contribution in [1.82, 2.24) is 19.2 Å². The molecule has 1 saturated heterocycles. The topological polar surface area (TPSA) is 50.1 Å². The Morgan fingerprint density at radius 3 is 2.58 bits per heavy atom. The summed E-state index contributed by atoms with van der Waals surface area (Å²) in [7, 11) is 2.06. The maximum atomic E-state index is 13.4. The third-order valence-electron chi connectivity index (χ3n) is 5.88. The molecule has 1 fully saturated rings. The van der Waals surface area contributed by atoms with E-state index < -0.39 is 0 Å². The average molecular weight is 421 g/mol. The van der Waals surface area contributed by atoms with Crippen LogP contribution in [-0.2, 0) is 6.54 Å². The number of para-hydroxylation sites is 1. The van der Waals surface area contributed by atoms with Crippen LogP contribution >= 0.6 is 0 Å². The van der Waals surface area contributed by atoms with Gasteiger partial charge in [-0.05, 0) is 56.6 Å².